The fourth-order valence-electron chi connectivity index (χ4n) is 8.36. The zero-order chi connectivity index (χ0) is 34.6. The number of fused-ring (bicyclic) bond motifs is 12. The normalized spacial score (nSPS) is 12.2. The minimum absolute atomic E-state index is 0.657. The van der Waals surface area contributed by atoms with E-state index in [2.05, 4.69) is 162 Å². The van der Waals surface area contributed by atoms with Crippen LogP contribution in [0.5, 0.6) is 0 Å². The van der Waals surface area contributed by atoms with Gasteiger partial charge in [-0.25, -0.2) is 9.97 Å². The Labute approximate surface area is 306 Å². The first kappa shape index (κ1) is 28.8. The molecule has 0 saturated carbocycles. The summed E-state index contributed by atoms with van der Waals surface area (Å²) in [5, 5.41) is 10.5. The van der Waals surface area contributed by atoms with Crippen molar-refractivity contribution in [1.29, 1.82) is 0 Å². The van der Waals surface area contributed by atoms with Gasteiger partial charge < -0.3 is 8.98 Å². The third-order valence-corrected chi connectivity index (χ3v) is 11.9. The molecule has 8 aromatic carbocycles. The average Bonchev–Trinajstić information content (AvgIpc) is 3.89. The van der Waals surface area contributed by atoms with E-state index in [1.807, 2.05) is 6.07 Å². The highest BCUT2D eigenvalue weighted by Gasteiger charge is 2.22. The summed E-state index contributed by atoms with van der Waals surface area (Å²) in [6.07, 6.45) is 0. The van der Waals surface area contributed by atoms with Crippen molar-refractivity contribution < 1.29 is 4.42 Å². The van der Waals surface area contributed by atoms with Crippen LogP contribution in [0, 0.1) is 0 Å². The van der Waals surface area contributed by atoms with E-state index in [0.717, 1.165) is 76.3 Å². The summed E-state index contributed by atoms with van der Waals surface area (Å²) in [7, 11) is 0. The first-order valence-electron chi connectivity index (χ1n) is 17.8. The van der Waals surface area contributed by atoms with Gasteiger partial charge in [-0.3, -0.25) is 0 Å². The first-order valence-corrected chi connectivity index (χ1v) is 18.6. The summed E-state index contributed by atoms with van der Waals surface area (Å²) < 4.78 is 11.7. The Morgan fingerprint density at radius 2 is 1.23 bits per heavy atom. The topological polar surface area (TPSA) is 43.9 Å². The largest absolute Gasteiger partial charge is 0.455 e. The van der Waals surface area contributed by atoms with Crippen molar-refractivity contribution in [2.45, 2.75) is 0 Å². The lowest BCUT2D eigenvalue weighted by Gasteiger charge is -2.09. The summed E-state index contributed by atoms with van der Waals surface area (Å²) in [4.78, 5) is 10.7. The highest BCUT2D eigenvalue weighted by molar-refractivity contribution is 7.26. The predicted octanol–water partition coefficient (Wildman–Crippen LogP) is 13.5. The Bertz CT molecular complexity index is 3460. The van der Waals surface area contributed by atoms with Gasteiger partial charge in [-0.2, -0.15) is 0 Å². The van der Waals surface area contributed by atoms with E-state index in [1.165, 1.54) is 31.8 Å². The highest BCUT2D eigenvalue weighted by atomic mass is 32.1. The standard InChI is InChI=1S/C48H27N3OS/c1-2-12-28(13-3-1)44-47-45(36-19-9-11-21-42(36)53-47)50-48(49-44)38-25-31-16-6-7-17-33(31)43-35-23-22-32(27-41(35)52-46(38)43)51-39-20-10-8-18-34(39)37-24-29-14-4-5-15-30(29)26-40(37)51/h1-27H. The maximum absolute atomic E-state index is 7.02. The quantitative estimate of drug-likeness (QED) is 0.185. The molecule has 53 heavy (non-hydrogen) atoms. The van der Waals surface area contributed by atoms with Gasteiger partial charge in [-0.15, -0.1) is 11.3 Å². The molecule has 0 atom stereocenters. The minimum atomic E-state index is 0.657. The number of nitrogens with zero attached hydrogens (tertiary/aromatic N) is 3. The minimum Gasteiger partial charge on any atom is -0.455 e. The number of furan rings is 1. The Kier molecular flexibility index (Phi) is 5.90. The third-order valence-electron chi connectivity index (χ3n) is 10.8. The van der Waals surface area contributed by atoms with Crippen molar-refractivity contribution in [1.82, 2.24) is 14.5 Å². The van der Waals surface area contributed by atoms with Gasteiger partial charge >= 0.3 is 0 Å². The summed E-state index contributed by atoms with van der Waals surface area (Å²) >= 11 is 1.75. The molecule has 5 heteroatoms. The van der Waals surface area contributed by atoms with Crippen LogP contribution in [-0.2, 0) is 0 Å². The van der Waals surface area contributed by atoms with Crippen molar-refractivity contribution in [2.75, 3.05) is 0 Å². The number of hydrogen-bond donors (Lipinski definition) is 0. The zero-order valence-corrected chi connectivity index (χ0v) is 29.1. The fourth-order valence-corrected chi connectivity index (χ4v) is 9.51. The van der Waals surface area contributed by atoms with E-state index in [4.69, 9.17) is 14.4 Å². The van der Waals surface area contributed by atoms with Crippen molar-refractivity contribution in [3.63, 3.8) is 0 Å². The van der Waals surface area contributed by atoms with E-state index in [0.29, 0.717) is 5.82 Å². The summed E-state index contributed by atoms with van der Waals surface area (Å²) in [5.41, 5.74) is 8.86. The molecule has 0 saturated heterocycles. The zero-order valence-electron chi connectivity index (χ0n) is 28.2. The molecule has 246 valence electrons. The van der Waals surface area contributed by atoms with E-state index >= 15 is 0 Å². The molecule has 12 aromatic rings. The lowest BCUT2D eigenvalue weighted by molar-refractivity contribution is 0.669. The predicted molar refractivity (Wildman–Crippen MR) is 222 cm³/mol. The van der Waals surface area contributed by atoms with Gasteiger partial charge in [-0.05, 0) is 64.0 Å². The molecule has 0 unspecified atom stereocenters. The Hall–Kier alpha value is -6.82. The van der Waals surface area contributed by atoms with Gasteiger partial charge in [0, 0.05) is 48.9 Å². The number of benzene rings is 8. The van der Waals surface area contributed by atoms with Crippen LogP contribution >= 0.6 is 11.3 Å². The molecule has 0 aliphatic rings. The van der Waals surface area contributed by atoms with Crippen LogP contribution < -0.4 is 0 Å². The van der Waals surface area contributed by atoms with Crippen LogP contribution in [-0.4, -0.2) is 14.5 Å². The van der Waals surface area contributed by atoms with E-state index < -0.39 is 0 Å². The molecule has 0 spiro atoms. The number of hydrogen-bond acceptors (Lipinski definition) is 4. The van der Waals surface area contributed by atoms with Crippen LogP contribution in [0.25, 0.3) is 114 Å². The van der Waals surface area contributed by atoms with Crippen molar-refractivity contribution in [3.05, 3.63) is 164 Å². The van der Waals surface area contributed by atoms with Crippen LogP contribution in [0.3, 0.4) is 0 Å². The molecular weight excluding hydrogens is 667 g/mol. The SMILES string of the molecule is c1ccc(-c2nc(-c3cc4ccccc4c4c3oc3cc(-n5c6ccccc6c6cc7ccccc7cc65)ccc34)nc3c2sc2ccccc23)cc1. The summed E-state index contributed by atoms with van der Waals surface area (Å²) in [6.45, 7) is 0. The fraction of sp³-hybridized carbons (Fsp3) is 0. The second kappa shape index (κ2) is 10.8. The summed E-state index contributed by atoms with van der Waals surface area (Å²) in [5.74, 6) is 0.657. The molecule has 0 N–H and O–H groups in total. The molecule has 4 heterocycles. The molecule has 0 radical (unpaired) electrons. The second-order valence-electron chi connectivity index (χ2n) is 13.7. The molecule has 4 nitrogen and oxygen atoms in total. The third kappa shape index (κ3) is 4.17. The maximum Gasteiger partial charge on any atom is 0.164 e. The van der Waals surface area contributed by atoms with E-state index in [9.17, 15) is 0 Å². The average molecular weight is 694 g/mol. The van der Waals surface area contributed by atoms with Crippen LogP contribution in [0.1, 0.15) is 0 Å². The van der Waals surface area contributed by atoms with Gasteiger partial charge in [0.2, 0.25) is 0 Å². The van der Waals surface area contributed by atoms with E-state index in [-0.39, 0.29) is 0 Å². The van der Waals surface area contributed by atoms with Crippen LogP contribution in [0.15, 0.2) is 168 Å². The molecule has 0 fully saturated rings. The highest BCUT2D eigenvalue weighted by Crippen LogP contribution is 2.44. The van der Waals surface area contributed by atoms with Crippen molar-refractivity contribution in [2.24, 2.45) is 0 Å². The Morgan fingerprint density at radius 1 is 0.509 bits per heavy atom. The summed E-state index contributed by atoms with van der Waals surface area (Å²) in [6, 6.07) is 58.2. The maximum atomic E-state index is 7.02. The molecule has 0 bridgehead atoms. The smallest absolute Gasteiger partial charge is 0.164 e. The Balaban J connectivity index is 1.15. The molecular formula is C48H27N3OS. The van der Waals surface area contributed by atoms with Crippen molar-refractivity contribution in [3.8, 4) is 28.3 Å². The number of para-hydroxylation sites is 1. The van der Waals surface area contributed by atoms with Gasteiger partial charge in [0.25, 0.3) is 0 Å². The molecule has 0 aliphatic heterocycles. The lowest BCUT2D eigenvalue weighted by atomic mass is 9.99. The molecule has 0 aliphatic carbocycles. The molecule has 0 amide bonds. The van der Waals surface area contributed by atoms with E-state index in [1.54, 1.807) is 11.3 Å². The number of thiophene rings is 1. The molecule has 4 aromatic heterocycles. The first-order chi connectivity index (χ1) is 26.3. The molecule has 12 rings (SSSR count). The van der Waals surface area contributed by atoms with Gasteiger partial charge in [0.15, 0.2) is 5.82 Å². The van der Waals surface area contributed by atoms with Crippen molar-refractivity contribution >= 4 is 96.9 Å². The van der Waals surface area contributed by atoms with Gasteiger partial charge in [0.05, 0.1) is 32.5 Å². The van der Waals surface area contributed by atoms with Crippen LogP contribution in [0.2, 0.25) is 0 Å². The monoisotopic (exact) mass is 693 g/mol. The van der Waals surface area contributed by atoms with Crippen LogP contribution in [0.4, 0.5) is 0 Å². The second-order valence-corrected chi connectivity index (χ2v) is 14.8. The van der Waals surface area contributed by atoms with Gasteiger partial charge in [0.1, 0.15) is 11.2 Å². The lowest BCUT2D eigenvalue weighted by Crippen LogP contribution is -1.94. The number of aromatic nitrogens is 3. The van der Waals surface area contributed by atoms with Gasteiger partial charge in [-0.1, -0.05) is 115 Å². The number of rotatable bonds is 3. The Morgan fingerprint density at radius 3 is 2.09 bits per heavy atom.